The van der Waals surface area contributed by atoms with Crippen LogP contribution >= 0.6 is 0 Å². The van der Waals surface area contributed by atoms with Gasteiger partial charge in [-0.25, -0.2) is 0 Å². The molecule has 17 heavy (non-hydrogen) atoms. The molecule has 0 saturated heterocycles. The molecule has 0 aromatic heterocycles. The highest BCUT2D eigenvalue weighted by molar-refractivity contribution is 5.76. The number of carbonyl (C=O) groups excluding carboxylic acids is 1. The number of ether oxygens (including phenoxy) is 1. The third-order valence-corrected chi connectivity index (χ3v) is 3.53. The van der Waals surface area contributed by atoms with E-state index in [0.29, 0.717) is 11.8 Å². The molecule has 0 saturated carbocycles. The Kier molecular flexibility index (Phi) is 6.81. The van der Waals surface area contributed by atoms with E-state index in [1.807, 2.05) is 13.8 Å². The zero-order valence-corrected chi connectivity index (χ0v) is 12.7. The summed E-state index contributed by atoms with van der Waals surface area (Å²) in [5.41, 5.74) is -0.352. The van der Waals surface area contributed by atoms with Gasteiger partial charge in [-0.1, -0.05) is 47.5 Å². The normalized spacial score (nSPS) is 15.8. The Morgan fingerprint density at radius 3 is 2.06 bits per heavy atom. The van der Waals surface area contributed by atoms with Crippen LogP contribution < -0.4 is 0 Å². The van der Waals surface area contributed by atoms with Crippen molar-refractivity contribution >= 4 is 5.97 Å². The quantitative estimate of drug-likeness (QED) is 0.617. The summed E-state index contributed by atoms with van der Waals surface area (Å²) in [5, 5.41) is 0. The fourth-order valence-electron chi connectivity index (χ4n) is 2.15. The largest absolute Gasteiger partial charge is 0.461 e. The molecule has 0 N–H and O–H groups in total. The summed E-state index contributed by atoms with van der Waals surface area (Å²) in [4.78, 5) is 12.2. The minimum absolute atomic E-state index is 0.0432. The highest BCUT2D eigenvalue weighted by atomic mass is 16.5. The van der Waals surface area contributed by atoms with Crippen molar-refractivity contribution in [3.63, 3.8) is 0 Å². The van der Waals surface area contributed by atoms with E-state index in [4.69, 9.17) is 4.74 Å². The molecule has 2 unspecified atom stereocenters. The molecule has 0 aromatic rings. The first-order valence-electron chi connectivity index (χ1n) is 6.97. The Morgan fingerprint density at radius 2 is 1.71 bits per heavy atom. The third kappa shape index (κ3) is 5.10. The Morgan fingerprint density at radius 1 is 1.18 bits per heavy atom. The van der Waals surface area contributed by atoms with Gasteiger partial charge in [-0.15, -0.1) is 0 Å². The predicted octanol–water partition coefficient (Wildman–Crippen LogP) is 4.43. The third-order valence-electron chi connectivity index (χ3n) is 3.53. The zero-order valence-electron chi connectivity index (χ0n) is 12.7. The maximum absolute atomic E-state index is 12.2. The van der Waals surface area contributed by atoms with Crippen LogP contribution in [0.4, 0.5) is 0 Å². The zero-order chi connectivity index (χ0) is 13.6. The van der Waals surface area contributed by atoms with Crippen molar-refractivity contribution in [1.82, 2.24) is 0 Å². The monoisotopic (exact) mass is 242 g/mol. The molecule has 102 valence electrons. The Labute approximate surface area is 107 Å². The second kappa shape index (κ2) is 7.03. The van der Waals surface area contributed by atoms with Gasteiger partial charge in [0, 0.05) is 0 Å². The van der Waals surface area contributed by atoms with Crippen LogP contribution in [0.1, 0.15) is 67.7 Å². The lowest BCUT2D eigenvalue weighted by molar-refractivity contribution is -0.165. The molecule has 0 fully saturated rings. The van der Waals surface area contributed by atoms with Crippen LogP contribution in [0.15, 0.2) is 0 Å². The predicted molar refractivity (Wildman–Crippen MR) is 72.9 cm³/mol. The first-order chi connectivity index (χ1) is 7.76. The highest BCUT2D eigenvalue weighted by Crippen LogP contribution is 2.28. The molecule has 2 atom stereocenters. The summed E-state index contributed by atoms with van der Waals surface area (Å²) in [6.07, 6.45) is 2.99. The fraction of sp³-hybridized carbons (Fsp3) is 0.933. The van der Waals surface area contributed by atoms with Crippen LogP contribution in [0.25, 0.3) is 0 Å². The van der Waals surface area contributed by atoms with Gasteiger partial charge in [0.15, 0.2) is 0 Å². The van der Waals surface area contributed by atoms with Crippen LogP contribution in [0, 0.1) is 17.3 Å². The van der Waals surface area contributed by atoms with Gasteiger partial charge in [-0.2, -0.15) is 0 Å². The number of esters is 1. The van der Waals surface area contributed by atoms with Crippen molar-refractivity contribution in [1.29, 1.82) is 0 Å². The standard InChI is InChI=1S/C15H30O2/c1-8-10-15(6,7)14(16)17-13(11(3)4)12(5)9-2/h11-13H,8-10H2,1-7H3. The number of rotatable bonds is 7. The lowest BCUT2D eigenvalue weighted by atomic mass is 9.87. The lowest BCUT2D eigenvalue weighted by Gasteiger charge is -2.31. The number of carbonyl (C=O) groups is 1. The van der Waals surface area contributed by atoms with Gasteiger partial charge in [-0.3, -0.25) is 4.79 Å². The SMILES string of the molecule is CCCC(C)(C)C(=O)OC(C(C)C)C(C)CC. The van der Waals surface area contributed by atoms with Crippen LogP contribution in [0.5, 0.6) is 0 Å². The van der Waals surface area contributed by atoms with Crippen molar-refractivity contribution < 1.29 is 9.53 Å². The minimum Gasteiger partial charge on any atom is -0.461 e. The second-order valence-electron chi connectivity index (χ2n) is 6.13. The number of hydrogen-bond acceptors (Lipinski definition) is 2. The molecule has 0 aromatic carbocycles. The Bertz CT molecular complexity index is 231. The summed E-state index contributed by atoms with van der Waals surface area (Å²) in [6, 6.07) is 0. The van der Waals surface area contributed by atoms with E-state index in [-0.39, 0.29) is 17.5 Å². The van der Waals surface area contributed by atoms with Crippen LogP contribution in [-0.2, 0) is 9.53 Å². The van der Waals surface area contributed by atoms with Gasteiger partial charge < -0.3 is 4.74 Å². The molecule has 0 radical (unpaired) electrons. The average molecular weight is 242 g/mol. The fourth-order valence-corrected chi connectivity index (χ4v) is 2.15. The van der Waals surface area contributed by atoms with E-state index in [2.05, 4.69) is 34.6 Å². The average Bonchev–Trinajstić information content (AvgIpc) is 2.23. The van der Waals surface area contributed by atoms with E-state index >= 15 is 0 Å². The van der Waals surface area contributed by atoms with Crippen LogP contribution in [-0.4, -0.2) is 12.1 Å². The molecule has 0 amide bonds. The smallest absolute Gasteiger partial charge is 0.311 e. The molecule has 2 nitrogen and oxygen atoms in total. The molecule has 0 bridgehead atoms. The molecule has 0 rings (SSSR count). The van der Waals surface area contributed by atoms with Gasteiger partial charge in [0.25, 0.3) is 0 Å². The molecule has 0 spiro atoms. The summed E-state index contributed by atoms with van der Waals surface area (Å²) < 4.78 is 5.74. The summed E-state index contributed by atoms with van der Waals surface area (Å²) in [7, 11) is 0. The van der Waals surface area contributed by atoms with Gasteiger partial charge in [-0.05, 0) is 32.1 Å². The van der Waals surface area contributed by atoms with Gasteiger partial charge in [0.1, 0.15) is 6.10 Å². The van der Waals surface area contributed by atoms with Crippen LogP contribution in [0.2, 0.25) is 0 Å². The van der Waals surface area contributed by atoms with E-state index in [1.165, 1.54) is 0 Å². The molecular formula is C15H30O2. The summed E-state index contributed by atoms with van der Waals surface area (Å²) in [5.74, 6) is 0.765. The second-order valence-corrected chi connectivity index (χ2v) is 6.13. The van der Waals surface area contributed by atoms with Crippen molar-refractivity contribution in [3.8, 4) is 0 Å². The molecule has 2 heteroatoms. The van der Waals surface area contributed by atoms with E-state index < -0.39 is 0 Å². The van der Waals surface area contributed by atoms with E-state index in [9.17, 15) is 4.79 Å². The number of hydrogen-bond donors (Lipinski definition) is 0. The van der Waals surface area contributed by atoms with Crippen molar-refractivity contribution in [2.45, 2.75) is 73.8 Å². The first kappa shape index (κ1) is 16.5. The van der Waals surface area contributed by atoms with E-state index in [0.717, 1.165) is 19.3 Å². The Balaban J connectivity index is 4.61. The minimum atomic E-state index is -0.352. The highest BCUT2D eigenvalue weighted by Gasteiger charge is 2.32. The maximum atomic E-state index is 12.2. The Hall–Kier alpha value is -0.530. The lowest BCUT2D eigenvalue weighted by Crippen LogP contribution is -2.36. The van der Waals surface area contributed by atoms with Crippen molar-refractivity contribution in [2.75, 3.05) is 0 Å². The van der Waals surface area contributed by atoms with Crippen molar-refractivity contribution in [3.05, 3.63) is 0 Å². The van der Waals surface area contributed by atoms with Crippen molar-refractivity contribution in [2.24, 2.45) is 17.3 Å². The maximum Gasteiger partial charge on any atom is 0.311 e. The van der Waals surface area contributed by atoms with Gasteiger partial charge >= 0.3 is 5.97 Å². The van der Waals surface area contributed by atoms with Gasteiger partial charge in [0.05, 0.1) is 5.41 Å². The molecule has 0 heterocycles. The molecule has 0 aliphatic heterocycles. The van der Waals surface area contributed by atoms with Crippen LogP contribution in [0.3, 0.4) is 0 Å². The molecule has 0 aliphatic carbocycles. The van der Waals surface area contributed by atoms with Gasteiger partial charge in [0.2, 0.25) is 0 Å². The van der Waals surface area contributed by atoms with E-state index in [1.54, 1.807) is 0 Å². The summed E-state index contributed by atoms with van der Waals surface area (Å²) in [6.45, 7) is 14.6. The first-order valence-corrected chi connectivity index (χ1v) is 6.97. The topological polar surface area (TPSA) is 26.3 Å². The molecular weight excluding hydrogens is 212 g/mol. The summed E-state index contributed by atoms with van der Waals surface area (Å²) >= 11 is 0. The molecule has 0 aliphatic rings.